The van der Waals surface area contributed by atoms with Gasteiger partial charge in [-0.05, 0) is 37.7 Å². The molecule has 1 saturated carbocycles. The molecule has 0 saturated heterocycles. The van der Waals surface area contributed by atoms with Crippen LogP contribution in [0.1, 0.15) is 51.0 Å². The van der Waals surface area contributed by atoms with E-state index in [1.807, 2.05) is 19.3 Å². The van der Waals surface area contributed by atoms with Crippen molar-refractivity contribution >= 4 is 5.96 Å². The van der Waals surface area contributed by atoms with Crippen LogP contribution in [0.4, 0.5) is 0 Å². The van der Waals surface area contributed by atoms with Gasteiger partial charge in [-0.2, -0.15) is 0 Å². The summed E-state index contributed by atoms with van der Waals surface area (Å²) in [5, 5.41) is 3.38. The van der Waals surface area contributed by atoms with Crippen LogP contribution in [0.5, 0.6) is 5.88 Å². The van der Waals surface area contributed by atoms with E-state index in [9.17, 15) is 0 Å². The van der Waals surface area contributed by atoms with Gasteiger partial charge in [-0.15, -0.1) is 0 Å². The van der Waals surface area contributed by atoms with Crippen molar-refractivity contribution in [1.82, 2.24) is 15.2 Å². The van der Waals surface area contributed by atoms with E-state index in [4.69, 9.17) is 4.74 Å². The summed E-state index contributed by atoms with van der Waals surface area (Å²) in [6.07, 6.45) is 9.47. The van der Waals surface area contributed by atoms with Crippen molar-refractivity contribution in [2.24, 2.45) is 4.99 Å². The number of unbranched alkanes of at least 4 members (excludes halogenated alkanes) is 1. The van der Waals surface area contributed by atoms with Gasteiger partial charge in [-0.3, -0.25) is 4.99 Å². The monoisotopic (exact) mass is 318 g/mol. The molecule has 1 N–H and O–H groups in total. The quantitative estimate of drug-likeness (QED) is 0.619. The van der Waals surface area contributed by atoms with Crippen molar-refractivity contribution in [3.05, 3.63) is 23.9 Å². The minimum atomic E-state index is 0.359. The first-order valence-corrected chi connectivity index (χ1v) is 8.76. The van der Waals surface area contributed by atoms with Crippen LogP contribution >= 0.6 is 0 Å². The summed E-state index contributed by atoms with van der Waals surface area (Å²) < 4.78 is 5.90. The SMILES string of the molecule is CCCCN(C)C(=NC)NCc1ccc(OC2CCCC2)nc1. The summed E-state index contributed by atoms with van der Waals surface area (Å²) in [7, 11) is 3.89. The number of aromatic nitrogens is 1. The first-order valence-electron chi connectivity index (χ1n) is 8.76. The molecule has 0 unspecified atom stereocenters. The fourth-order valence-electron chi connectivity index (χ4n) is 2.83. The predicted octanol–water partition coefficient (Wildman–Crippen LogP) is 3.21. The van der Waals surface area contributed by atoms with Crippen LogP contribution in [0, 0.1) is 0 Å². The molecule has 1 aromatic rings. The van der Waals surface area contributed by atoms with Gasteiger partial charge in [-0.25, -0.2) is 4.98 Å². The minimum Gasteiger partial charge on any atom is -0.474 e. The summed E-state index contributed by atoms with van der Waals surface area (Å²) in [4.78, 5) is 10.9. The maximum atomic E-state index is 5.90. The smallest absolute Gasteiger partial charge is 0.213 e. The van der Waals surface area contributed by atoms with Crippen molar-refractivity contribution in [3.63, 3.8) is 0 Å². The molecule has 0 aliphatic heterocycles. The molecule has 1 fully saturated rings. The molecule has 1 aliphatic carbocycles. The topological polar surface area (TPSA) is 49.8 Å². The number of ether oxygens (including phenoxy) is 1. The van der Waals surface area contributed by atoms with Crippen molar-refractivity contribution < 1.29 is 4.74 Å². The van der Waals surface area contributed by atoms with Crippen molar-refractivity contribution in [3.8, 4) is 5.88 Å². The lowest BCUT2D eigenvalue weighted by Gasteiger charge is -2.21. The van der Waals surface area contributed by atoms with Crippen molar-refractivity contribution in [1.29, 1.82) is 0 Å². The van der Waals surface area contributed by atoms with Crippen LogP contribution in [-0.2, 0) is 6.54 Å². The van der Waals surface area contributed by atoms with E-state index < -0.39 is 0 Å². The van der Waals surface area contributed by atoms with E-state index in [0.29, 0.717) is 6.10 Å². The number of nitrogens with one attached hydrogen (secondary N) is 1. The summed E-state index contributed by atoms with van der Waals surface area (Å²) in [6, 6.07) is 4.04. The molecule has 128 valence electrons. The van der Waals surface area contributed by atoms with E-state index in [0.717, 1.165) is 43.3 Å². The Labute approximate surface area is 140 Å². The van der Waals surface area contributed by atoms with Crippen LogP contribution in [-0.4, -0.2) is 42.6 Å². The van der Waals surface area contributed by atoms with Gasteiger partial charge in [0.25, 0.3) is 0 Å². The Bertz CT molecular complexity index is 480. The minimum absolute atomic E-state index is 0.359. The average molecular weight is 318 g/mol. The molecular formula is C18H30N4O. The largest absolute Gasteiger partial charge is 0.474 e. The molecular weight excluding hydrogens is 288 g/mol. The molecule has 0 atom stereocenters. The molecule has 0 aromatic carbocycles. The maximum Gasteiger partial charge on any atom is 0.213 e. The highest BCUT2D eigenvalue weighted by Crippen LogP contribution is 2.22. The van der Waals surface area contributed by atoms with Crippen molar-refractivity contribution in [2.45, 2.75) is 58.1 Å². The molecule has 2 rings (SSSR count). The molecule has 0 amide bonds. The number of hydrogen-bond donors (Lipinski definition) is 1. The maximum absolute atomic E-state index is 5.90. The number of pyridine rings is 1. The van der Waals surface area contributed by atoms with Crippen LogP contribution in [0.25, 0.3) is 0 Å². The second-order valence-corrected chi connectivity index (χ2v) is 6.20. The van der Waals surface area contributed by atoms with E-state index in [-0.39, 0.29) is 0 Å². The number of hydrogen-bond acceptors (Lipinski definition) is 3. The van der Waals surface area contributed by atoms with E-state index in [2.05, 4.69) is 40.2 Å². The molecule has 1 aromatic heterocycles. The highest BCUT2D eigenvalue weighted by Gasteiger charge is 2.16. The summed E-state index contributed by atoms with van der Waals surface area (Å²) in [6.45, 7) is 3.94. The molecule has 0 spiro atoms. The first kappa shape index (κ1) is 17.6. The zero-order chi connectivity index (χ0) is 16.5. The molecule has 1 heterocycles. The summed E-state index contributed by atoms with van der Waals surface area (Å²) in [5.74, 6) is 1.66. The second-order valence-electron chi connectivity index (χ2n) is 6.20. The highest BCUT2D eigenvalue weighted by molar-refractivity contribution is 5.79. The van der Waals surface area contributed by atoms with Crippen LogP contribution in [0.3, 0.4) is 0 Å². The van der Waals surface area contributed by atoms with Gasteiger partial charge in [0.2, 0.25) is 5.88 Å². The van der Waals surface area contributed by atoms with Crippen LogP contribution < -0.4 is 10.1 Å². The number of guanidine groups is 1. The number of nitrogens with zero attached hydrogens (tertiary/aromatic N) is 3. The van der Waals surface area contributed by atoms with Gasteiger partial charge in [0.1, 0.15) is 6.10 Å². The van der Waals surface area contributed by atoms with Gasteiger partial charge < -0.3 is 15.0 Å². The lowest BCUT2D eigenvalue weighted by atomic mass is 10.3. The molecule has 5 heteroatoms. The molecule has 0 bridgehead atoms. The lowest BCUT2D eigenvalue weighted by molar-refractivity contribution is 0.201. The van der Waals surface area contributed by atoms with E-state index >= 15 is 0 Å². The van der Waals surface area contributed by atoms with Gasteiger partial charge in [0, 0.05) is 39.4 Å². The summed E-state index contributed by atoms with van der Waals surface area (Å²) in [5.41, 5.74) is 1.13. The lowest BCUT2D eigenvalue weighted by Crippen LogP contribution is -2.38. The standard InChI is InChI=1S/C18H30N4O/c1-4-5-12-22(3)18(19-2)21-14-15-10-11-17(20-13-15)23-16-8-6-7-9-16/h10-11,13,16H,4-9,12,14H2,1-3H3,(H,19,21). The predicted molar refractivity (Wildman–Crippen MR) is 94.9 cm³/mol. The average Bonchev–Trinajstić information content (AvgIpc) is 3.08. The van der Waals surface area contributed by atoms with E-state index in [1.54, 1.807) is 0 Å². The highest BCUT2D eigenvalue weighted by atomic mass is 16.5. The normalized spacial score (nSPS) is 15.7. The fourth-order valence-corrected chi connectivity index (χ4v) is 2.83. The van der Waals surface area contributed by atoms with Gasteiger partial charge in [0.15, 0.2) is 5.96 Å². The third-order valence-corrected chi connectivity index (χ3v) is 4.26. The second kappa shape index (κ2) is 9.38. The molecule has 0 radical (unpaired) electrons. The van der Waals surface area contributed by atoms with Gasteiger partial charge in [0.05, 0.1) is 0 Å². The Hall–Kier alpha value is -1.78. The Morgan fingerprint density at radius 1 is 1.39 bits per heavy atom. The Morgan fingerprint density at radius 2 is 2.17 bits per heavy atom. The van der Waals surface area contributed by atoms with Gasteiger partial charge in [-0.1, -0.05) is 19.4 Å². The Morgan fingerprint density at radius 3 is 2.78 bits per heavy atom. The van der Waals surface area contributed by atoms with Crippen LogP contribution in [0.15, 0.2) is 23.3 Å². The zero-order valence-corrected chi connectivity index (χ0v) is 14.7. The molecule has 5 nitrogen and oxygen atoms in total. The third kappa shape index (κ3) is 5.73. The van der Waals surface area contributed by atoms with Crippen LogP contribution in [0.2, 0.25) is 0 Å². The fraction of sp³-hybridized carbons (Fsp3) is 0.667. The first-order chi connectivity index (χ1) is 11.2. The third-order valence-electron chi connectivity index (χ3n) is 4.26. The zero-order valence-electron chi connectivity index (χ0n) is 14.7. The Kier molecular flexibility index (Phi) is 7.17. The molecule has 1 aliphatic rings. The number of aliphatic imine (C=N–C) groups is 1. The molecule has 23 heavy (non-hydrogen) atoms. The van der Waals surface area contributed by atoms with Gasteiger partial charge >= 0.3 is 0 Å². The Balaban J connectivity index is 1.80. The van der Waals surface area contributed by atoms with E-state index in [1.165, 1.54) is 25.7 Å². The van der Waals surface area contributed by atoms with Crippen molar-refractivity contribution in [2.75, 3.05) is 20.6 Å². The number of rotatable bonds is 7. The summed E-state index contributed by atoms with van der Waals surface area (Å²) >= 11 is 0.